The van der Waals surface area contributed by atoms with E-state index < -0.39 is 0 Å². The Hall–Kier alpha value is -2.55. The van der Waals surface area contributed by atoms with Crippen molar-refractivity contribution in [3.8, 4) is 0 Å². The predicted molar refractivity (Wildman–Crippen MR) is 112 cm³/mol. The van der Waals surface area contributed by atoms with Gasteiger partial charge in [-0.2, -0.15) is 0 Å². The van der Waals surface area contributed by atoms with E-state index in [9.17, 15) is 4.79 Å². The van der Waals surface area contributed by atoms with E-state index in [-0.39, 0.29) is 11.8 Å². The average Bonchev–Trinajstić information content (AvgIpc) is 3.01. The maximum Gasteiger partial charge on any atom is 0.227 e. The molecule has 1 aliphatic carbocycles. The number of benzene rings is 2. The van der Waals surface area contributed by atoms with E-state index in [2.05, 4.69) is 66.6 Å². The van der Waals surface area contributed by atoms with E-state index in [1.54, 1.807) is 0 Å². The van der Waals surface area contributed by atoms with Gasteiger partial charge in [0.05, 0.1) is 5.69 Å². The van der Waals surface area contributed by atoms with Gasteiger partial charge >= 0.3 is 0 Å². The van der Waals surface area contributed by atoms with Crippen LogP contribution in [0.2, 0.25) is 0 Å². The zero-order valence-corrected chi connectivity index (χ0v) is 16.2. The normalized spacial score (nSPS) is 15.5. The Morgan fingerprint density at radius 1 is 1.19 bits per heavy atom. The Morgan fingerprint density at radius 3 is 2.67 bits per heavy atom. The van der Waals surface area contributed by atoms with Crippen LogP contribution in [0.1, 0.15) is 55.2 Å². The Labute approximate surface area is 161 Å². The summed E-state index contributed by atoms with van der Waals surface area (Å²) < 4.78 is 0. The molecule has 1 aromatic heterocycles. The molecule has 4 rings (SSSR count). The molecule has 3 aromatic rings. The van der Waals surface area contributed by atoms with Crippen molar-refractivity contribution in [2.24, 2.45) is 5.92 Å². The van der Waals surface area contributed by atoms with Gasteiger partial charge in [0.2, 0.25) is 5.91 Å². The van der Waals surface area contributed by atoms with Crippen LogP contribution in [0.4, 0.5) is 5.69 Å². The Morgan fingerprint density at radius 2 is 1.96 bits per heavy atom. The third-order valence-corrected chi connectivity index (χ3v) is 6.00. The molecule has 1 unspecified atom stereocenters. The lowest BCUT2D eigenvalue weighted by atomic mass is 9.85. The fourth-order valence-electron chi connectivity index (χ4n) is 3.76. The van der Waals surface area contributed by atoms with Crippen molar-refractivity contribution in [3.63, 3.8) is 0 Å². The van der Waals surface area contributed by atoms with Gasteiger partial charge in [-0.1, -0.05) is 49.2 Å². The van der Waals surface area contributed by atoms with E-state index in [0.717, 1.165) is 42.3 Å². The number of rotatable bonds is 6. The molecule has 3 nitrogen and oxygen atoms in total. The first-order valence-electron chi connectivity index (χ1n) is 10.1. The van der Waals surface area contributed by atoms with Gasteiger partial charge < -0.3 is 10.3 Å². The summed E-state index contributed by atoms with van der Waals surface area (Å²) in [5, 5.41) is 4.24. The molecule has 1 amide bonds. The summed E-state index contributed by atoms with van der Waals surface area (Å²) in [6, 6.07) is 15.4. The molecule has 1 fully saturated rings. The summed E-state index contributed by atoms with van der Waals surface area (Å²) in [6.07, 6.45) is 7.34. The molecule has 3 heteroatoms. The molecule has 0 bridgehead atoms. The summed E-state index contributed by atoms with van der Waals surface area (Å²) in [6.45, 7) is 4.41. The third-order valence-electron chi connectivity index (χ3n) is 6.00. The van der Waals surface area contributed by atoms with Gasteiger partial charge in [-0.05, 0) is 61.8 Å². The number of anilines is 1. The van der Waals surface area contributed by atoms with Crippen molar-refractivity contribution >= 4 is 22.5 Å². The summed E-state index contributed by atoms with van der Waals surface area (Å²) in [4.78, 5) is 15.6. The highest BCUT2D eigenvalue weighted by atomic mass is 16.1. The number of carbonyl (C=O) groups excluding carboxylic acids is 1. The molecule has 1 aliphatic rings. The third kappa shape index (κ3) is 3.92. The molecule has 2 aromatic carbocycles. The lowest BCUT2D eigenvalue weighted by molar-refractivity contribution is -0.122. The first kappa shape index (κ1) is 17.8. The zero-order chi connectivity index (χ0) is 18.8. The summed E-state index contributed by atoms with van der Waals surface area (Å²) >= 11 is 0. The minimum atomic E-state index is 0.167. The van der Waals surface area contributed by atoms with Crippen LogP contribution in [0.3, 0.4) is 0 Å². The highest BCUT2D eigenvalue weighted by Crippen LogP contribution is 2.32. The van der Waals surface area contributed by atoms with Crippen LogP contribution >= 0.6 is 0 Å². The molecule has 27 heavy (non-hydrogen) atoms. The summed E-state index contributed by atoms with van der Waals surface area (Å²) in [7, 11) is 0. The first-order valence-corrected chi connectivity index (χ1v) is 10.1. The van der Waals surface area contributed by atoms with Crippen LogP contribution in [0.15, 0.2) is 48.7 Å². The predicted octanol–water partition coefficient (Wildman–Crippen LogP) is 5.95. The molecule has 0 radical (unpaired) electrons. The molecule has 140 valence electrons. The number of H-pyrrole nitrogens is 1. The zero-order valence-electron chi connectivity index (χ0n) is 16.2. The second-order valence-corrected chi connectivity index (χ2v) is 8.05. The summed E-state index contributed by atoms with van der Waals surface area (Å²) in [5.41, 5.74) is 6.01. The van der Waals surface area contributed by atoms with Crippen LogP contribution in [0.5, 0.6) is 0 Å². The van der Waals surface area contributed by atoms with Gasteiger partial charge in [0.15, 0.2) is 0 Å². The van der Waals surface area contributed by atoms with Crippen molar-refractivity contribution in [1.82, 2.24) is 4.98 Å². The monoisotopic (exact) mass is 360 g/mol. The fraction of sp³-hybridized carbons (Fsp3) is 0.375. The minimum Gasteiger partial charge on any atom is -0.359 e. The van der Waals surface area contributed by atoms with Crippen LogP contribution in [0, 0.1) is 12.8 Å². The SMILES string of the molecule is Cc1ccc(CCC(C)c2ccc3[nH]cc(NC(=O)C4CCC4)c3c2)cc1. The second-order valence-electron chi connectivity index (χ2n) is 8.05. The number of carbonyl (C=O) groups is 1. The van der Waals surface area contributed by atoms with E-state index in [1.807, 2.05) is 6.20 Å². The molecule has 2 N–H and O–H groups in total. The van der Waals surface area contributed by atoms with Crippen LogP contribution in [-0.4, -0.2) is 10.9 Å². The number of fused-ring (bicyclic) bond motifs is 1. The lowest BCUT2D eigenvalue weighted by Crippen LogP contribution is -2.27. The molecule has 1 atom stereocenters. The number of hydrogen-bond acceptors (Lipinski definition) is 1. The Kier molecular flexibility index (Phi) is 5.02. The molecule has 0 aliphatic heterocycles. The number of amides is 1. The standard InChI is InChI=1S/C24H28N2O/c1-16-6-9-18(10-7-16)11-8-17(2)20-12-13-22-21(14-20)23(15-25-22)26-24(27)19-4-3-5-19/h6-7,9-10,12-15,17,19,25H,3-5,8,11H2,1-2H3,(H,26,27). The Bertz CT molecular complexity index is 935. The molecular weight excluding hydrogens is 332 g/mol. The maximum absolute atomic E-state index is 12.3. The van der Waals surface area contributed by atoms with E-state index >= 15 is 0 Å². The van der Waals surface area contributed by atoms with Crippen molar-refractivity contribution in [2.45, 2.75) is 51.9 Å². The first-order chi connectivity index (χ1) is 13.1. The van der Waals surface area contributed by atoms with Gasteiger partial charge in [-0.3, -0.25) is 4.79 Å². The highest BCUT2D eigenvalue weighted by molar-refractivity contribution is 6.02. The highest BCUT2D eigenvalue weighted by Gasteiger charge is 2.25. The van der Waals surface area contributed by atoms with Crippen molar-refractivity contribution in [3.05, 3.63) is 65.4 Å². The molecule has 1 saturated carbocycles. The van der Waals surface area contributed by atoms with E-state index in [1.165, 1.54) is 23.1 Å². The van der Waals surface area contributed by atoms with Crippen LogP contribution in [-0.2, 0) is 11.2 Å². The van der Waals surface area contributed by atoms with Crippen molar-refractivity contribution in [1.29, 1.82) is 0 Å². The summed E-state index contributed by atoms with van der Waals surface area (Å²) in [5.74, 6) is 0.840. The number of nitrogens with one attached hydrogen (secondary N) is 2. The molecule has 0 spiro atoms. The van der Waals surface area contributed by atoms with E-state index in [4.69, 9.17) is 0 Å². The topological polar surface area (TPSA) is 44.9 Å². The Balaban J connectivity index is 1.47. The largest absolute Gasteiger partial charge is 0.359 e. The van der Waals surface area contributed by atoms with Gasteiger partial charge in [0.25, 0.3) is 0 Å². The molecular formula is C24H28N2O. The van der Waals surface area contributed by atoms with Crippen molar-refractivity contribution < 1.29 is 4.79 Å². The number of aromatic nitrogens is 1. The number of aryl methyl sites for hydroxylation is 2. The fourth-order valence-corrected chi connectivity index (χ4v) is 3.76. The smallest absolute Gasteiger partial charge is 0.227 e. The van der Waals surface area contributed by atoms with Crippen molar-refractivity contribution in [2.75, 3.05) is 5.32 Å². The molecule has 0 saturated heterocycles. The van der Waals surface area contributed by atoms with Gasteiger partial charge in [0, 0.05) is 23.0 Å². The van der Waals surface area contributed by atoms with E-state index in [0.29, 0.717) is 5.92 Å². The van der Waals surface area contributed by atoms with Gasteiger partial charge in [-0.25, -0.2) is 0 Å². The number of aromatic amines is 1. The van der Waals surface area contributed by atoms with Gasteiger partial charge in [-0.15, -0.1) is 0 Å². The quantitative estimate of drug-likeness (QED) is 0.560. The average molecular weight is 361 g/mol. The molecule has 1 heterocycles. The maximum atomic E-state index is 12.3. The second kappa shape index (κ2) is 7.59. The van der Waals surface area contributed by atoms with Gasteiger partial charge in [0.1, 0.15) is 0 Å². The van der Waals surface area contributed by atoms with Crippen LogP contribution in [0.25, 0.3) is 10.9 Å². The van der Waals surface area contributed by atoms with Crippen LogP contribution < -0.4 is 5.32 Å². The minimum absolute atomic E-state index is 0.167. The lowest BCUT2D eigenvalue weighted by Gasteiger charge is -2.23. The number of hydrogen-bond donors (Lipinski definition) is 2.